The summed E-state index contributed by atoms with van der Waals surface area (Å²) in [6.45, 7) is 4.64. The van der Waals surface area contributed by atoms with E-state index in [0.717, 1.165) is 17.4 Å². The molecule has 1 fully saturated rings. The van der Waals surface area contributed by atoms with Crippen LogP contribution in [0.25, 0.3) is 5.65 Å². The average Bonchev–Trinajstić information content (AvgIpc) is 2.80. The molecule has 0 aliphatic heterocycles. The van der Waals surface area contributed by atoms with Crippen LogP contribution < -0.4 is 11.1 Å². The van der Waals surface area contributed by atoms with Crippen molar-refractivity contribution in [3.63, 3.8) is 0 Å². The molecule has 3 rings (SSSR count). The fourth-order valence-electron chi connectivity index (χ4n) is 3.10. The lowest BCUT2D eigenvalue weighted by atomic mass is 9.80. The van der Waals surface area contributed by atoms with Crippen molar-refractivity contribution < 1.29 is 0 Å². The first-order chi connectivity index (χ1) is 9.13. The van der Waals surface area contributed by atoms with Gasteiger partial charge in [-0.25, -0.2) is 9.97 Å². The van der Waals surface area contributed by atoms with E-state index in [-0.39, 0.29) is 0 Å². The molecule has 2 aromatic heterocycles. The number of nitrogens with one attached hydrogen (secondary N) is 1. The lowest BCUT2D eigenvalue weighted by Crippen LogP contribution is -2.33. The topological polar surface area (TPSA) is 68.2 Å². The minimum atomic E-state index is 0.464. The van der Waals surface area contributed by atoms with E-state index >= 15 is 0 Å². The normalized spacial score (nSPS) is 27.6. The molecule has 3 unspecified atom stereocenters. The van der Waals surface area contributed by atoms with Crippen molar-refractivity contribution in [1.82, 2.24) is 14.4 Å². The Labute approximate surface area is 113 Å². The summed E-state index contributed by atoms with van der Waals surface area (Å²) in [7, 11) is 0. The van der Waals surface area contributed by atoms with Crippen LogP contribution in [-0.4, -0.2) is 20.4 Å². The summed E-state index contributed by atoms with van der Waals surface area (Å²) in [6.07, 6.45) is 9.18. The number of hydrogen-bond donors (Lipinski definition) is 2. The molecular weight excluding hydrogens is 238 g/mol. The van der Waals surface area contributed by atoms with Crippen LogP contribution >= 0.6 is 0 Å². The maximum Gasteiger partial charge on any atom is 0.180 e. The minimum absolute atomic E-state index is 0.464. The van der Waals surface area contributed by atoms with Gasteiger partial charge in [-0.3, -0.25) is 0 Å². The van der Waals surface area contributed by atoms with E-state index in [4.69, 9.17) is 5.73 Å². The highest BCUT2D eigenvalue weighted by molar-refractivity contribution is 5.65. The lowest BCUT2D eigenvalue weighted by molar-refractivity contribution is 0.276. The standard InChI is InChI=1S/C14H21N5/c1-9-3-4-11(10(2)7-9)17-13-14-16-5-6-19(14)8-12(15)18-13/h5-6,8-11H,3-4,7,15H2,1-2H3,(H,17,18). The molecule has 1 aliphatic rings. The number of fused-ring (bicyclic) bond motifs is 1. The zero-order valence-corrected chi connectivity index (χ0v) is 11.5. The summed E-state index contributed by atoms with van der Waals surface area (Å²) in [5, 5.41) is 3.55. The van der Waals surface area contributed by atoms with Crippen molar-refractivity contribution in [3.8, 4) is 0 Å². The zero-order chi connectivity index (χ0) is 13.4. The van der Waals surface area contributed by atoms with E-state index in [0.29, 0.717) is 17.8 Å². The van der Waals surface area contributed by atoms with E-state index < -0.39 is 0 Å². The monoisotopic (exact) mass is 259 g/mol. The van der Waals surface area contributed by atoms with Crippen LogP contribution in [-0.2, 0) is 0 Å². The second kappa shape index (κ2) is 4.72. The molecule has 5 heteroatoms. The molecule has 19 heavy (non-hydrogen) atoms. The molecule has 0 bridgehead atoms. The first-order valence-electron chi connectivity index (χ1n) is 6.99. The fraction of sp³-hybridized carbons (Fsp3) is 0.571. The third kappa shape index (κ3) is 2.37. The van der Waals surface area contributed by atoms with E-state index in [1.807, 2.05) is 10.6 Å². The van der Waals surface area contributed by atoms with Crippen molar-refractivity contribution in [2.24, 2.45) is 11.8 Å². The number of nitrogens with two attached hydrogens (primary N) is 1. The molecule has 0 aromatic carbocycles. The second-order valence-corrected chi connectivity index (χ2v) is 5.82. The largest absolute Gasteiger partial charge is 0.382 e. The minimum Gasteiger partial charge on any atom is -0.382 e. The Morgan fingerprint density at radius 1 is 1.37 bits per heavy atom. The summed E-state index contributed by atoms with van der Waals surface area (Å²) in [4.78, 5) is 8.75. The number of anilines is 2. The van der Waals surface area contributed by atoms with Gasteiger partial charge in [0.25, 0.3) is 0 Å². The van der Waals surface area contributed by atoms with Gasteiger partial charge < -0.3 is 15.5 Å². The number of rotatable bonds is 2. The van der Waals surface area contributed by atoms with Gasteiger partial charge in [-0.15, -0.1) is 0 Å². The fourth-order valence-corrected chi connectivity index (χ4v) is 3.10. The lowest BCUT2D eigenvalue weighted by Gasteiger charge is -2.33. The van der Waals surface area contributed by atoms with Crippen molar-refractivity contribution in [2.45, 2.75) is 39.2 Å². The predicted octanol–water partition coefficient (Wildman–Crippen LogP) is 2.55. The number of nitrogens with zero attached hydrogens (tertiary/aromatic N) is 3. The van der Waals surface area contributed by atoms with Gasteiger partial charge in [-0.05, 0) is 31.1 Å². The first-order valence-corrected chi connectivity index (χ1v) is 6.99. The van der Waals surface area contributed by atoms with Crippen molar-refractivity contribution >= 4 is 17.3 Å². The number of imidazole rings is 1. The Balaban J connectivity index is 1.86. The van der Waals surface area contributed by atoms with Crippen molar-refractivity contribution in [3.05, 3.63) is 18.6 Å². The number of hydrogen-bond acceptors (Lipinski definition) is 4. The summed E-state index contributed by atoms with van der Waals surface area (Å²) in [5.74, 6) is 2.80. The Bertz CT molecular complexity index is 576. The molecule has 0 radical (unpaired) electrons. The third-order valence-electron chi connectivity index (χ3n) is 4.15. The number of aromatic nitrogens is 3. The van der Waals surface area contributed by atoms with Gasteiger partial charge in [0.1, 0.15) is 5.82 Å². The molecule has 3 N–H and O–H groups in total. The van der Waals surface area contributed by atoms with Crippen LogP contribution in [0.1, 0.15) is 33.1 Å². The maximum atomic E-state index is 5.85. The Morgan fingerprint density at radius 3 is 3.00 bits per heavy atom. The average molecular weight is 259 g/mol. The molecule has 2 heterocycles. The van der Waals surface area contributed by atoms with Crippen LogP contribution in [0, 0.1) is 11.8 Å². The van der Waals surface area contributed by atoms with Crippen LogP contribution in [0.15, 0.2) is 18.6 Å². The van der Waals surface area contributed by atoms with E-state index in [1.165, 1.54) is 19.3 Å². The summed E-state index contributed by atoms with van der Waals surface area (Å²) < 4.78 is 1.92. The molecule has 0 amide bonds. The molecule has 0 spiro atoms. The predicted molar refractivity (Wildman–Crippen MR) is 77.0 cm³/mol. The van der Waals surface area contributed by atoms with Gasteiger partial charge in [0.05, 0.1) is 6.20 Å². The molecule has 2 aromatic rings. The van der Waals surface area contributed by atoms with Crippen molar-refractivity contribution in [1.29, 1.82) is 0 Å². The van der Waals surface area contributed by atoms with Gasteiger partial charge in [-0.1, -0.05) is 13.8 Å². The zero-order valence-electron chi connectivity index (χ0n) is 11.5. The summed E-state index contributed by atoms with van der Waals surface area (Å²) in [6, 6.07) is 0.464. The highest BCUT2D eigenvalue weighted by atomic mass is 15.1. The first kappa shape index (κ1) is 12.3. The third-order valence-corrected chi connectivity index (χ3v) is 4.15. The molecule has 1 aliphatic carbocycles. The van der Waals surface area contributed by atoms with Gasteiger partial charge in [0.15, 0.2) is 11.5 Å². The van der Waals surface area contributed by atoms with E-state index in [9.17, 15) is 0 Å². The van der Waals surface area contributed by atoms with Gasteiger partial charge in [0, 0.05) is 18.4 Å². The van der Waals surface area contributed by atoms with Crippen LogP contribution in [0.3, 0.4) is 0 Å². The summed E-state index contributed by atoms with van der Waals surface area (Å²) in [5.41, 5.74) is 6.69. The molecule has 0 saturated heterocycles. The molecule has 3 atom stereocenters. The van der Waals surface area contributed by atoms with Gasteiger partial charge in [-0.2, -0.15) is 0 Å². The smallest absolute Gasteiger partial charge is 0.180 e. The van der Waals surface area contributed by atoms with Crippen LogP contribution in [0.4, 0.5) is 11.6 Å². The SMILES string of the molecule is CC1CCC(Nc2nc(N)cn3ccnc23)C(C)C1. The molecule has 102 valence electrons. The quantitative estimate of drug-likeness (QED) is 0.869. The van der Waals surface area contributed by atoms with Gasteiger partial charge in [0.2, 0.25) is 0 Å². The van der Waals surface area contributed by atoms with Crippen molar-refractivity contribution in [2.75, 3.05) is 11.1 Å². The highest BCUT2D eigenvalue weighted by Gasteiger charge is 2.26. The molecule has 5 nitrogen and oxygen atoms in total. The van der Waals surface area contributed by atoms with Crippen LogP contribution in [0.5, 0.6) is 0 Å². The van der Waals surface area contributed by atoms with E-state index in [2.05, 4.69) is 29.1 Å². The second-order valence-electron chi connectivity index (χ2n) is 5.82. The summed E-state index contributed by atoms with van der Waals surface area (Å²) >= 11 is 0. The number of nitrogen functional groups attached to an aromatic ring is 1. The molecular formula is C14H21N5. The Kier molecular flexibility index (Phi) is 3.05. The Morgan fingerprint density at radius 2 is 2.21 bits per heavy atom. The maximum absolute atomic E-state index is 5.85. The Hall–Kier alpha value is -1.78. The highest BCUT2D eigenvalue weighted by Crippen LogP contribution is 2.31. The van der Waals surface area contributed by atoms with E-state index in [1.54, 1.807) is 12.4 Å². The molecule has 1 saturated carbocycles. The van der Waals surface area contributed by atoms with Gasteiger partial charge >= 0.3 is 0 Å². The van der Waals surface area contributed by atoms with Crippen LogP contribution in [0.2, 0.25) is 0 Å².